The normalized spacial score (nSPS) is 12.6. The molecule has 0 bridgehead atoms. The quantitative estimate of drug-likeness (QED) is 0.142. The number of ether oxygens (including phenoxy) is 2. The molecule has 316 valence electrons. The summed E-state index contributed by atoms with van der Waals surface area (Å²) in [5.74, 6) is 0.928. The smallest absolute Gasteiger partial charge is 0.411 e. The van der Waals surface area contributed by atoms with E-state index in [1.807, 2.05) is 0 Å². The molecule has 0 aliphatic rings. The van der Waals surface area contributed by atoms with Gasteiger partial charge < -0.3 is 37.4 Å². The molecule has 0 fully saturated rings. The molecule has 16 heteroatoms. The van der Waals surface area contributed by atoms with Gasteiger partial charge in [0, 0.05) is 34.0 Å². The second-order valence-corrected chi connectivity index (χ2v) is 14.6. The highest BCUT2D eigenvalue weighted by molar-refractivity contribution is 5.91. The zero-order chi connectivity index (χ0) is 44.0. The summed E-state index contributed by atoms with van der Waals surface area (Å²) in [6, 6.07) is 27.6. The van der Waals surface area contributed by atoms with Crippen molar-refractivity contribution in [1.82, 2.24) is 9.97 Å². The van der Waals surface area contributed by atoms with Crippen molar-refractivity contribution in [1.29, 1.82) is 0 Å². The summed E-state index contributed by atoms with van der Waals surface area (Å²) in [7, 11) is 3.06. The Morgan fingerprint density at radius 3 is 1.22 bits per heavy atom. The van der Waals surface area contributed by atoms with E-state index in [2.05, 4.69) is 9.97 Å². The van der Waals surface area contributed by atoms with Crippen LogP contribution in [0.1, 0.15) is 11.1 Å². The first-order valence-electron chi connectivity index (χ1n) is 18.9. The van der Waals surface area contributed by atoms with Crippen molar-refractivity contribution in [3.8, 4) is 68.6 Å². The Bertz CT molecular complexity index is 3150. The van der Waals surface area contributed by atoms with Crippen molar-refractivity contribution < 1.29 is 63.7 Å². The predicted molar refractivity (Wildman–Crippen MR) is 219 cm³/mol. The standard InChI is InChI=1S/C47H28F6N2O8/c1-58-29-9-3-23(4-10-29)39-17-25-15-31(35(56)21-41(25)60-39)43-54-33-19-27(7-13-37(33)62-43)45(46(48,49)50,47(51,52)53)28-8-14-38-34(20-28)55-44(63-38)32-16-26-18-40(61-42(26)22-36(32)57)24-5-11-30(59-2)12-6-24/h3-22,56-57H,1-2H3. The lowest BCUT2D eigenvalue weighted by molar-refractivity contribution is -0.288. The van der Waals surface area contributed by atoms with Crippen LogP contribution in [0, 0.1) is 0 Å². The third-order valence-electron chi connectivity index (χ3n) is 11.0. The first kappa shape index (κ1) is 39.3. The topological polar surface area (TPSA) is 137 Å². The molecular formula is C47H28F6N2O8. The van der Waals surface area contributed by atoms with Crippen LogP contribution in [-0.4, -0.2) is 46.8 Å². The molecule has 0 aliphatic heterocycles. The maximum Gasteiger partial charge on any atom is 0.411 e. The molecule has 10 nitrogen and oxygen atoms in total. The van der Waals surface area contributed by atoms with E-state index in [1.165, 1.54) is 38.5 Å². The number of phenolic OH excluding ortho intramolecular Hbond substituents is 2. The SMILES string of the molecule is COc1ccc(-c2cc3cc(-c4nc5cc(C(c6ccc7oc(-c8cc9cc(-c%10ccc(OC)cc%10)oc9cc8O)nc7c6)(C(F)(F)F)C(F)(F)F)ccc5o4)c(O)cc3o2)cc1. The maximum atomic E-state index is 15.4. The number of aromatic hydroxyl groups is 2. The fourth-order valence-electron chi connectivity index (χ4n) is 7.82. The summed E-state index contributed by atoms with van der Waals surface area (Å²) in [6.07, 6.45) is -11.9. The van der Waals surface area contributed by atoms with E-state index in [0.29, 0.717) is 80.4 Å². The first-order chi connectivity index (χ1) is 30.1. The van der Waals surface area contributed by atoms with Crippen LogP contribution in [0.15, 0.2) is 139 Å². The molecule has 0 spiro atoms. The number of halogens is 6. The second kappa shape index (κ2) is 14.1. The van der Waals surface area contributed by atoms with Gasteiger partial charge in [-0.3, -0.25) is 0 Å². The van der Waals surface area contributed by atoms with Crippen molar-refractivity contribution in [2.45, 2.75) is 17.8 Å². The van der Waals surface area contributed by atoms with Gasteiger partial charge in [0.15, 0.2) is 11.2 Å². The molecule has 0 saturated carbocycles. The highest BCUT2D eigenvalue weighted by Crippen LogP contribution is 2.57. The Balaban J connectivity index is 1.03. The number of benzene rings is 6. The first-order valence-corrected chi connectivity index (χ1v) is 18.9. The summed E-state index contributed by atoms with van der Waals surface area (Å²) in [5.41, 5.74) is -5.91. The number of hydrogen-bond acceptors (Lipinski definition) is 10. The Morgan fingerprint density at radius 2 is 0.857 bits per heavy atom. The number of alkyl halides is 6. The summed E-state index contributed by atoms with van der Waals surface area (Å²) >= 11 is 0. The van der Waals surface area contributed by atoms with Crippen molar-refractivity contribution in [2.24, 2.45) is 0 Å². The number of hydrogen-bond donors (Lipinski definition) is 2. The molecule has 4 heterocycles. The molecule has 0 aliphatic carbocycles. The van der Waals surface area contributed by atoms with Gasteiger partial charge in [0.05, 0.1) is 25.3 Å². The van der Waals surface area contributed by atoms with Gasteiger partial charge in [-0.25, -0.2) is 9.97 Å². The molecule has 63 heavy (non-hydrogen) atoms. The number of rotatable bonds is 8. The third-order valence-corrected chi connectivity index (χ3v) is 11.0. The van der Waals surface area contributed by atoms with Gasteiger partial charge in [0.25, 0.3) is 0 Å². The van der Waals surface area contributed by atoms with Gasteiger partial charge in [0.2, 0.25) is 17.2 Å². The van der Waals surface area contributed by atoms with Crippen LogP contribution in [0.4, 0.5) is 26.3 Å². The van der Waals surface area contributed by atoms with E-state index in [1.54, 1.807) is 60.7 Å². The lowest BCUT2D eigenvalue weighted by Crippen LogP contribution is -2.54. The summed E-state index contributed by atoms with van der Waals surface area (Å²) in [6.45, 7) is 0. The monoisotopic (exact) mass is 862 g/mol. The zero-order valence-electron chi connectivity index (χ0n) is 32.6. The van der Waals surface area contributed by atoms with Gasteiger partial charge in [0.1, 0.15) is 56.7 Å². The molecule has 0 amide bonds. The largest absolute Gasteiger partial charge is 0.507 e. The minimum atomic E-state index is -5.95. The molecule has 10 aromatic rings. The minimum absolute atomic E-state index is 0.0168. The third kappa shape index (κ3) is 6.35. The number of phenols is 2. The van der Waals surface area contributed by atoms with Crippen LogP contribution in [0.3, 0.4) is 0 Å². The number of methoxy groups -OCH3 is 2. The Kier molecular flexibility index (Phi) is 8.78. The Hall–Kier alpha value is -7.88. The molecule has 0 radical (unpaired) electrons. The average molecular weight is 863 g/mol. The number of aromatic nitrogens is 2. The number of furan rings is 2. The van der Waals surface area contributed by atoms with Gasteiger partial charge in [-0.15, -0.1) is 0 Å². The molecule has 4 aromatic heterocycles. The summed E-state index contributed by atoms with van der Waals surface area (Å²) in [5, 5.41) is 22.9. The summed E-state index contributed by atoms with van der Waals surface area (Å²) in [4.78, 5) is 8.48. The lowest BCUT2D eigenvalue weighted by Gasteiger charge is -2.38. The van der Waals surface area contributed by atoms with Gasteiger partial charge >= 0.3 is 12.4 Å². The van der Waals surface area contributed by atoms with E-state index in [9.17, 15) is 10.2 Å². The Labute approximate surface area is 350 Å². The lowest BCUT2D eigenvalue weighted by atomic mass is 9.72. The number of nitrogens with zero attached hydrogens (tertiary/aromatic N) is 2. The molecule has 10 rings (SSSR count). The van der Waals surface area contributed by atoms with Crippen molar-refractivity contribution in [3.63, 3.8) is 0 Å². The van der Waals surface area contributed by atoms with Crippen LogP contribution in [-0.2, 0) is 5.41 Å². The molecule has 6 aromatic carbocycles. The van der Waals surface area contributed by atoms with E-state index >= 15 is 26.3 Å². The molecular weight excluding hydrogens is 835 g/mol. The van der Waals surface area contributed by atoms with Gasteiger partial charge in [-0.2, -0.15) is 26.3 Å². The van der Waals surface area contributed by atoms with E-state index in [4.69, 9.17) is 27.1 Å². The maximum absolute atomic E-state index is 15.4. The van der Waals surface area contributed by atoms with Crippen LogP contribution >= 0.6 is 0 Å². The van der Waals surface area contributed by atoms with E-state index in [0.717, 1.165) is 12.1 Å². The molecule has 0 unspecified atom stereocenters. The van der Waals surface area contributed by atoms with E-state index in [-0.39, 0.29) is 56.6 Å². The summed E-state index contributed by atoms with van der Waals surface area (Å²) < 4.78 is 126. The molecule has 0 atom stereocenters. The van der Waals surface area contributed by atoms with Crippen LogP contribution < -0.4 is 9.47 Å². The highest BCUT2D eigenvalue weighted by Gasteiger charge is 2.72. The van der Waals surface area contributed by atoms with Crippen molar-refractivity contribution >= 4 is 44.1 Å². The predicted octanol–water partition coefficient (Wildman–Crippen LogP) is 13.0. The van der Waals surface area contributed by atoms with Gasteiger partial charge in [-0.05, 0) is 108 Å². The van der Waals surface area contributed by atoms with Crippen molar-refractivity contribution in [3.05, 3.63) is 132 Å². The zero-order valence-corrected chi connectivity index (χ0v) is 32.6. The Morgan fingerprint density at radius 1 is 0.460 bits per heavy atom. The fraction of sp³-hybridized carbons (Fsp3) is 0.106. The minimum Gasteiger partial charge on any atom is -0.507 e. The molecule has 2 N–H and O–H groups in total. The average Bonchev–Trinajstić information content (AvgIpc) is 4.06. The van der Waals surface area contributed by atoms with Crippen LogP contribution in [0.5, 0.6) is 23.0 Å². The fourth-order valence-corrected chi connectivity index (χ4v) is 7.82. The van der Waals surface area contributed by atoms with E-state index < -0.39 is 28.9 Å². The molecule has 0 saturated heterocycles. The second-order valence-electron chi connectivity index (χ2n) is 14.6. The van der Waals surface area contributed by atoms with Crippen LogP contribution in [0.25, 0.3) is 89.7 Å². The van der Waals surface area contributed by atoms with Crippen molar-refractivity contribution in [2.75, 3.05) is 14.2 Å². The number of fused-ring (bicyclic) bond motifs is 4. The van der Waals surface area contributed by atoms with Gasteiger partial charge in [-0.1, -0.05) is 12.1 Å². The highest BCUT2D eigenvalue weighted by atomic mass is 19.4. The number of oxazole rings is 2. The van der Waals surface area contributed by atoms with Crippen LogP contribution in [0.2, 0.25) is 0 Å².